The van der Waals surface area contributed by atoms with E-state index in [1.165, 1.54) is 12.2 Å². The molecule has 0 spiro atoms. The van der Waals surface area contributed by atoms with Crippen molar-refractivity contribution >= 4 is 29.7 Å². The van der Waals surface area contributed by atoms with E-state index in [0.29, 0.717) is 0 Å². The number of hydrogen-bond acceptors (Lipinski definition) is 4. The van der Waals surface area contributed by atoms with Crippen LogP contribution in [0.5, 0.6) is 5.75 Å². The fourth-order valence-electron chi connectivity index (χ4n) is 1.74. The minimum atomic E-state index is -0.329. The van der Waals surface area contributed by atoms with Gasteiger partial charge in [-0.3, -0.25) is 14.9 Å². The first-order valence-corrected chi connectivity index (χ1v) is 6.88. The third-order valence-corrected chi connectivity index (χ3v) is 2.93. The number of nitrogens with two attached hydrogens (primary N) is 1. The lowest BCUT2D eigenvalue weighted by molar-refractivity contribution is -0.123. The second kappa shape index (κ2) is 7.61. The van der Waals surface area contributed by atoms with E-state index in [-0.39, 0.29) is 17.6 Å². The average Bonchev–Trinajstić information content (AvgIpc) is 2.92. The summed E-state index contributed by atoms with van der Waals surface area (Å²) in [7, 11) is 0. The quantitative estimate of drug-likeness (QED) is 0.451. The molecule has 1 heterocycles. The maximum absolute atomic E-state index is 10.0. The molecular weight excluding hydrogens is 292 g/mol. The van der Waals surface area contributed by atoms with Gasteiger partial charge in [-0.1, -0.05) is 36.4 Å². The number of amides is 2. The molecule has 0 atom stereocenters. The van der Waals surface area contributed by atoms with Gasteiger partial charge in [0.15, 0.2) is 0 Å². The lowest BCUT2D eigenvalue weighted by atomic mass is 10.1. The molecule has 0 saturated heterocycles. The van der Waals surface area contributed by atoms with E-state index in [1.54, 1.807) is 12.1 Å². The number of imide groups is 1. The van der Waals surface area contributed by atoms with Crippen LogP contribution in [0.1, 0.15) is 11.1 Å². The van der Waals surface area contributed by atoms with Crippen LogP contribution >= 0.6 is 0 Å². The average molecular weight is 308 g/mol. The van der Waals surface area contributed by atoms with Crippen LogP contribution in [0.15, 0.2) is 60.7 Å². The van der Waals surface area contributed by atoms with Gasteiger partial charge in [0.1, 0.15) is 5.75 Å². The lowest BCUT2D eigenvalue weighted by Gasteiger charge is -1.96. The molecule has 5 heteroatoms. The third-order valence-electron chi connectivity index (χ3n) is 2.93. The van der Waals surface area contributed by atoms with Gasteiger partial charge in [-0.2, -0.15) is 0 Å². The van der Waals surface area contributed by atoms with Crippen molar-refractivity contribution in [2.24, 2.45) is 0 Å². The number of nitrogen functional groups attached to an aromatic ring is 1. The van der Waals surface area contributed by atoms with Crippen LogP contribution in [0, 0.1) is 0 Å². The number of rotatable bonds is 2. The number of aromatic hydroxyl groups is 1. The molecule has 4 N–H and O–H groups in total. The molecule has 2 amide bonds. The Kier molecular flexibility index (Phi) is 5.30. The maximum atomic E-state index is 10.0. The number of phenolic OH excluding ortho intramolecular Hbond substituents is 1. The molecule has 0 unspecified atom stereocenters. The van der Waals surface area contributed by atoms with Crippen molar-refractivity contribution in [3.63, 3.8) is 0 Å². The Morgan fingerprint density at radius 2 is 1.22 bits per heavy atom. The van der Waals surface area contributed by atoms with Gasteiger partial charge < -0.3 is 10.8 Å². The number of hydrogen-bond donors (Lipinski definition) is 3. The van der Waals surface area contributed by atoms with Crippen molar-refractivity contribution < 1.29 is 14.7 Å². The molecule has 3 rings (SSSR count). The molecule has 1 aliphatic heterocycles. The Hall–Kier alpha value is -3.34. The van der Waals surface area contributed by atoms with Crippen LogP contribution in [0.4, 0.5) is 5.69 Å². The van der Waals surface area contributed by atoms with E-state index < -0.39 is 0 Å². The van der Waals surface area contributed by atoms with Crippen molar-refractivity contribution in [3.05, 3.63) is 71.8 Å². The largest absolute Gasteiger partial charge is 0.508 e. The first-order chi connectivity index (χ1) is 11.0. The summed E-state index contributed by atoms with van der Waals surface area (Å²) in [6, 6.07) is 14.7. The zero-order valence-corrected chi connectivity index (χ0v) is 12.3. The number of anilines is 1. The summed E-state index contributed by atoms with van der Waals surface area (Å²) in [5.74, 6) is -0.375. The number of phenols is 1. The predicted octanol–water partition coefficient (Wildman–Crippen LogP) is 2.34. The highest BCUT2D eigenvalue weighted by Gasteiger charge is 2.06. The summed E-state index contributed by atoms with van der Waals surface area (Å²) < 4.78 is 0. The van der Waals surface area contributed by atoms with Crippen LogP contribution in [0.2, 0.25) is 0 Å². The second-order valence-electron chi connectivity index (χ2n) is 4.78. The fraction of sp³-hybridized carbons (Fsp3) is 0. The Bertz CT molecular complexity index is 681. The highest BCUT2D eigenvalue weighted by atomic mass is 16.3. The Labute approximate surface area is 133 Å². The molecule has 116 valence electrons. The van der Waals surface area contributed by atoms with Crippen LogP contribution < -0.4 is 11.1 Å². The number of nitrogens with one attached hydrogen (secondary N) is 1. The van der Waals surface area contributed by atoms with Crippen LogP contribution in [-0.2, 0) is 9.59 Å². The van der Waals surface area contributed by atoms with E-state index in [1.807, 2.05) is 53.9 Å². The number of carbonyl (C=O) groups excluding carboxylic acids is 2. The summed E-state index contributed by atoms with van der Waals surface area (Å²) in [5.41, 5.74) is 8.51. The predicted molar refractivity (Wildman–Crippen MR) is 90.2 cm³/mol. The summed E-state index contributed by atoms with van der Waals surface area (Å²) in [4.78, 5) is 20.1. The highest BCUT2D eigenvalue weighted by molar-refractivity contribution is 6.12. The van der Waals surface area contributed by atoms with E-state index >= 15 is 0 Å². The zero-order valence-electron chi connectivity index (χ0n) is 12.3. The van der Waals surface area contributed by atoms with Gasteiger partial charge in [-0.25, -0.2) is 0 Å². The first-order valence-electron chi connectivity index (χ1n) is 6.88. The molecule has 1 aliphatic rings. The zero-order chi connectivity index (χ0) is 16.7. The lowest BCUT2D eigenvalue weighted by Crippen LogP contribution is -2.19. The molecular formula is C18H16N2O3. The van der Waals surface area contributed by atoms with Crippen molar-refractivity contribution in [2.45, 2.75) is 0 Å². The van der Waals surface area contributed by atoms with Gasteiger partial charge in [0.2, 0.25) is 0 Å². The number of carbonyl (C=O) groups is 2. The standard InChI is InChI=1S/C14H13NO.C4H3NO2/c15-13-7-3-11(4-8-13)1-2-12-5-9-14(16)10-6-12;6-3-1-2-4(7)5-3/h1-10,16H,15H2;1-2H,(H,5,6,7)/b2-1+;. The third kappa shape index (κ3) is 5.51. The smallest absolute Gasteiger partial charge is 0.250 e. The second-order valence-corrected chi connectivity index (χ2v) is 4.78. The Morgan fingerprint density at radius 3 is 1.61 bits per heavy atom. The van der Waals surface area contributed by atoms with E-state index in [4.69, 9.17) is 10.8 Å². The van der Waals surface area contributed by atoms with Gasteiger partial charge >= 0.3 is 0 Å². The van der Waals surface area contributed by atoms with Gasteiger partial charge in [-0.15, -0.1) is 0 Å². The normalized spacial score (nSPS) is 12.9. The van der Waals surface area contributed by atoms with Crippen molar-refractivity contribution in [2.75, 3.05) is 5.73 Å². The topological polar surface area (TPSA) is 92.4 Å². The Morgan fingerprint density at radius 1 is 0.783 bits per heavy atom. The van der Waals surface area contributed by atoms with Crippen molar-refractivity contribution in [1.82, 2.24) is 5.32 Å². The minimum absolute atomic E-state index is 0.282. The molecule has 2 aromatic rings. The fourth-order valence-corrected chi connectivity index (χ4v) is 1.74. The molecule has 5 nitrogen and oxygen atoms in total. The minimum Gasteiger partial charge on any atom is -0.508 e. The first kappa shape index (κ1) is 16.0. The molecule has 23 heavy (non-hydrogen) atoms. The van der Waals surface area contributed by atoms with Gasteiger partial charge in [0, 0.05) is 17.8 Å². The molecule has 0 radical (unpaired) electrons. The summed E-state index contributed by atoms with van der Waals surface area (Å²) in [5, 5.41) is 11.2. The summed E-state index contributed by atoms with van der Waals surface area (Å²) in [6.07, 6.45) is 6.39. The molecule has 0 bridgehead atoms. The molecule has 0 aliphatic carbocycles. The monoisotopic (exact) mass is 308 g/mol. The van der Waals surface area contributed by atoms with E-state index in [0.717, 1.165) is 16.8 Å². The SMILES string of the molecule is Nc1ccc(/C=C/c2ccc(O)cc2)cc1.O=C1C=CC(=O)N1. The highest BCUT2D eigenvalue weighted by Crippen LogP contribution is 2.13. The van der Waals surface area contributed by atoms with E-state index in [2.05, 4.69) is 0 Å². The number of benzene rings is 2. The molecule has 0 fully saturated rings. The molecule has 2 aromatic carbocycles. The van der Waals surface area contributed by atoms with Crippen molar-refractivity contribution in [1.29, 1.82) is 0 Å². The summed E-state index contributed by atoms with van der Waals surface area (Å²) >= 11 is 0. The van der Waals surface area contributed by atoms with Crippen molar-refractivity contribution in [3.8, 4) is 5.75 Å². The van der Waals surface area contributed by atoms with Crippen LogP contribution in [0.25, 0.3) is 12.2 Å². The van der Waals surface area contributed by atoms with Crippen LogP contribution in [-0.4, -0.2) is 16.9 Å². The maximum Gasteiger partial charge on any atom is 0.250 e. The van der Waals surface area contributed by atoms with Gasteiger partial charge in [0.05, 0.1) is 0 Å². The molecule has 0 aromatic heterocycles. The Balaban J connectivity index is 0.000000229. The molecule has 0 saturated carbocycles. The van der Waals surface area contributed by atoms with E-state index in [9.17, 15) is 9.59 Å². The van der Waals surface area contributed by atoms with Crippen LogP contribution in [0.3, 0.4) is 0 Å². The summed E-state index contributed by atoms with van der Waals surface area (Å²) in [6.45, 7) is 0. The van der Waals surface area contributed by atoms with Gasteiger partial charge in [-0.05, 0) is 35.4 Å². The van der Waals surface area contributed by atoms with Gasteiger partial charge in [0.25, 0.3) is 11.8 Å².